The molecule has 0 atom stereocenters. The van der Waals surface area contributed by atoms with E-state index in [1.807, 2.05) is 39.0 Å². The van der Waals surface area contributed by atoms with Gasteiger partial charge >= 0.3 is 12.1 Å². The molecule has 0 aliphatic rings. The standard InChI is InChI=1S/C33H26F3N3O4/c1-4-38-28-12-11-25(14-23(28)15-30(38)32(41)42)43-24-9-7-21(8-10-24)29-16-27(33(34,35)36)26(17-37)31(40)39(29)18-22-6-5-19(2)13-20(22)3/h5-16H,4,18H2,1-3H3,(H,41,42). The topological polar surface area (TPSA) is 97.2 Å². The number of ether oxygens (including phenoxy) is 1. The molecule has 0 bridgehead atoms. The zero-order chi connectivity index (χ0) is 31.1. The number of alkyl halides is 3. The lowest BCUT2D eigenvalue weighted by Crippen LogP contribution is -2.29. The first-order valence-corrected chi connectivity index (χ1v) is 13.4. The number of nitrogens with zero attached hydrogens (tertiary/aromatic N) is 3. The van der Waals surface area contributed by atoms with Crippen molar-refractivity contribution in [3.63, 3.8) is 0 Å². The maximum absolute atomic E-state index is 13.9. The molecule has 0 radical (unpaired) electrons. The first-order valence-electron chi connectivity index (χ1n) is 13.4. The van der Waals surface area contributed by atoms with E-state index < -0.39 is 28.8 Å². The van der Waals surface area contributed by atoms with Crippen LogP contribution in [0.5, 0.6) is 11.5 Å². The molecular formula is C33H26F3N3O4. The molecule has 5 rings (SSSR count). The average Bonchev–Trinajstić information content (AvgIpc) is 3.33. The van der Waals surface area contributed by atoms with E-state index in [2.05, 4.69) is 0 Å². The number of nitriles is 1. The Balaban J connectivity index is 1.54. The Morgan fingerprint density at radius 1 is 0.953 bits per heavy atom. The number of carboxylic acids is 1. The Hall–Kier alpha value is -5.30. The molecule has 0 unspecified atom stereocenters. The predicted molar refractivity (Wildman–Crippen MR) is 156 cm³/mol. The van der Waals surface area contributed by atoms with Crippen molar-refractivity contribution >= 4 is 16.9 Å². The second-order valence-corrected chi connectivity index (χ2v) is 10.2. The summed E-state index contributed by atoms with van der Waals surface area (Å²) in [4.78, 5) is 24.9. The van der Waals surface area contributed by atoms with Crippen molar-refractivity contribution in [1.82, 2.24) is 9.13 Å². The first kappa shape index (κ1) is 29.2. The fourth-order valence-corrected chi connectivity index (χ4v) is 5.23. The zero-order valence-corrected chi connectivity index (χ0v) is 23.5. The minimum absolute atomic E-state index is 0.00590. The molecule has 0 aliphatic heterocycles. The molecule has 3 aromatic carbocycles. The third kappa shape index (κ3) is 5.62. The highest BCUT2D eigenvalue weighted by Gasteiger charge is 2.36. The summed E-state index contributed by atoms with van der Waals surface area (Å²) >= 11 is 0. The molecule has 10 heteroatoms. The van der Waals surface area contributed by atoms with Gasteiger partial charge in [0, 0.05) is 17.4 Å². The summed E-state index contributed by atoms with van der Waals surface area (Å²) < 4.78 is 50.6. The third-order valence-corrected chi connectivity index (χ3v) is 7.34. The van der Waals surface area contributed by atoms with Gasteiger partial charge in [0.25, 0.3) is 5.56 Å². The normalized spacial score (nSPS) is 11.5. The number of rotatable bonds is 7. The van der Waals surface area contributed by atoms with Crippen LogP contribution in [0.25, 0.3) is 22.2 Å². The highest BCUT2D eigenvalue weighted by atomic mass is 19.4. The van der Waals surface area contributed by atoms with Crippen molar-refractivity contribution in [1.29, 1.82) is 5.26 Å². The summed E-state index contributed by atoms with van der Waals surface area (Å²) in [6.07, 6.45) is -4.91. The van der Waals surface area contributed by atoms with Crippen molar-refractivity contribution in [3.8, 4) is 28.8 Å². The van der Waals surface area contributed by atoms with Crippen LogP contribution in [0.1, 0.15) is 45.2 Å². The number of aryl methyl sites for hydroxylation is 3. The van der Waals surface area contributed by atoms with Gasteiger partial charge in [-0.1, -0.05) is 23.8 Å². The van der Waals surface area contributed by atoms with Gasteiger partial charge in [0.05, 0.1) is 17.8 Å². The highest BCUT2D eigenvalue weighted by molar-refractivity contribution is 5.95. The van der Waals surface area contributed by atoms with Crippen LogP contribution in [0.3, 0.4) is 0 Å². The molecule has 0 spiro atoms. The lowest BCUT2D eigenvalue weighted by atomic mass is 10.0. The number of hydrogen-bond acceptors (Lipinski definition) is 4. The summed E-state index contributed by atoms with van der Waals surface area (Å²) in [5.74, 6) is -0.219. The molecular weight excluding hydrogens is 559 g/mol. The number of carboxylic acid groups (broad SMARTS) is 1. The largest absolute Gasteiger partial charge is 0.477 e. The lowest BCUT2D eigenvalue weighted by molar-refractivity contribution is -0.137. The number of hydrogen-bond donors (Lipinski definition) is 1. The molecule has 0 saturated heterocycles. The monoisotopic (exact) mass is 585 g/mol. The van der Waals surface area contributed by atoms with Crippen molar-refractivity contribution < 1.29 is 27.8 Å². The Morgan fingerprint density at radius 2 is 1.65 bits per heavy atom. The van der Waals surface area contributed by atoms with Crippen LogP contribution in [0.4, 0.5) is 13.2 Å². The van der Waals surface area contributed by atoms with Gasteiger partial charge in [0.1, 0.15) is 28.8 Å². The zero-order valence-electron chi connectivity index (χ0n) is 23.5. The van der Waals surface area contributed by atoms with Gasteiger partial charge in [-0.25, -0.2) is 4.79 Å². The molecule has 43 heavy (non-hydrogen) atoms. The molecule has 0 saturated carbocycles. The van der Waals surface area contributed by atoms with Gasteiger partial charge in [0.15, 0.2) is 0 Å². The van der Waals surface area contributed by atoms with Crippen LogP contribution in [0.2, 0.25) is 0 Å². The minimum Gasteiger partial charge on any atom is -0.477 e. The first-order chi connectivity index (χ1) is 20.4. The van der Waals surface area contributed by atoms with Crippen molar-refractivity contribution in [2.75, 3.05) is 0 Å². The van der Waals surface area contributed by atoms with Gasteiger partial charge in [-0.3, -0.25) is 4.79 Å². The quantitative estimate of drug-likeness (QED) is 0.213. The molecule has 0 amide bonds. The number of aromatic nitrogens is 2. The molecule has 5 aromatic rings. The Kier molecular flexibility index (Phi) is 7.59. The van der Waals surface area contributed by atoms with Crippen molar-refractivity contribution in [3.05, 3.63) is 117 Å². The summed E-state index contributed by atoms with van der Waals surface area (Å²) in [6.45, 7) is 6.07. The summed E-state index contributed by atoms with van der Waals surface area (Å²) in [5, 5.41) is 19.7. The van der Waals surface area contributed by atoms with Gasteiger partial charge in [-0.15, -0.1) is 0 Å². The maximum Gasteiger partial charge on any atom is 0.417 e. The van der Waals surface area contributed by atoms with E-state index in [4.69, 9.17) is 4.74 Å². The van der Waals surface area contributed by atoms with Crippen molar-refractivity contribution in [2.24, 2.45) is 0 Å². The number of pyridine rings is 1. The maximum atomic E-state index is 13.9. The van der Waals surface area contributed by atoms with Crippen LogP contribution < -0.4 is 10.3 Å². The van der Waals surface area contributed by atoms with Crippen LogP contribution in [-0.4, -0.2) is 20.2 Å². The third-order valence-electron chi connectivity index (χ3n) is 7.34. The van der Waals surface area contributed by atoms with E-state index in [1.165, 1.54) is 10.6 Å². The summed E-state index contributed by atoms with van der Waals surface area (Å²) in [7, 11) is 0. The number of benzene rings is 3. The second-order valence-electron chi connectivity index (χ2n) is 10.2. The second kappa shape index (κ2) is 11.2. The van der Waals surface area contributed by atoms with E-state index in [-0.39, 0.29) is 17.9 Å². The van der Waals surface area contributed by atoms with Crippen molar-refractivity contribution in [2.45, 2.75) is 40.0 Å². The van der Waals surface area contributed by atoms with E-state index in [9.17, 15) is 33.1 Å². The van der Waals surface area contributed by atoms with E-state index in [1.54, 1.807) is 53.1 Å². The van der Waals surface area contributed by atoms with Gasteiger partial charge in [-0.05, 0) is 92.1 Å². The van der Waals surface area contributed by atoms with Crippen LogP contribution >= 0.6 is 0 Å². The van der Waals surface area contributed by atoms with Gasteiger partial charge < -0.3 is 19.0 Å². The SMILES string of the molecule is CCn1c(C(=O)O)cc2cc(Oc3ccc(-c4cc(C(F)(F)F)c(C#N)c(=O)n4Cc4ccc(C)cc4C)cc3)ccc21. The van der Waals surface area contributed by atoms with Crippen LogP contribution in [0.15, 0.2) is 77.6 Å². The Labute approximate surface area is 244 Å². The van der Waals surface area contributed by atoms with Gasteiger partial charge in [-0.2, -0.15) is 18.4 Å². The smallest absolute Gasteiger partial charge is 0.417 e. The fourth-order valence-electron chi connectivity index (χ4n) is 5.23. The number of aromatic carboxylic acids is 1. The lowest BCUT2D eigenvalue weighted by Gasteiger charge is -2.19. The van der Waals surface area contributed by atoms with E-state index in [0.717, 1.165) is 28.3 Å². The molecule has 1 N–H and O–H groups in total. The van der Waals surface area contributed by atoms with E-state index >= 15 is 0 Å². The Morgan fingerprint density at radius 3 is 2.26 bits per heavy atom. The minimum atomic E-state index is -4.91. The number of halogens is 3. The average molecular weight is 586 g/mol. The molecule has 2 heterocycles. The van der Waals surface area contributed by atoms with E-state index in [0.29, 0.717) is 29.0 Å². The molecule has 7 nitrogen and oxygen atoms in total. The van der Waals surface area contributed by atoms with Gasteiger partial charge in [0.2, 0.25) is 0 Å². The fraction of sp³-hybridized carbons (Fsp3) is 0.182. The molecule has 218 valence electrons. The molecule has 0 fully saturated rings. The van der Waals surface area contributed by atoms with Crippen LogP contribution in [-0.2, 0) is 19.3 Å². The summed E-state index contributed by atoms with van der Waals surface area (Å²) in [5.41, 5.74) is 0.547. The summed E-state index contributed by atoms with van der Waals surface area (Å²) in [6, 6.07) is 20.8. The molecule has 0 aliphatic carbocycles. The predicted octanol–water partition coefficient (Wildman–Crippen LogP) is 7.54. The number of fused-ring (bicyclic) bond motifs is 1. The highest BCUT2D eigenvalue weighted by Crippen LogP contribution is 2.35. The number of carbonyl (C=O) groups is 1. The molecule has 2 aromatic heterocycles. The Bertz CT molecular complexity index is 1980. The van der Waals surface area contributed by atoms with Crippen LogP contribution in [0, 0.1) is 25.2 Å².